The average Bonchev–Trinajstić information content (AvgIpc) is 3.18. The van der Waals surface area contributed by atoms with Gasteiger partial charge in [-0.1, -0.05) is 0 Å². The summed E-state index contributed by atoms with van der Waals surface area (Å²) in [6, 6.07) is 0. The molecule has 0 radical (unpaired) electrons. The fraction of sp³-hybridized carbons (Fsp3) is 0.444. The highest BCUT2D eigenvalue weighted by Crippen LogP contribution is 2.44. The van der Waals surface area contributed by atoms with Crippen LogP contribution in [0.3, 0.4) is 0 Å². The van der Waals surface area contributed by atoms with E-state index in [1.165, 1.54) is 18.4 Å². The van der Waals surface area contributed by atoms with Crippen LogP contribution in [0.5, 0.6) is 0 Å². The maximum absolute atomic E-state index is 13.1. The molecule has 1 unspecified atom stereocenters. The number of hydrogen-bond acceptors (Lipinski definition) is 6. The van der Waals surface area contributed by atoms with E-state index < -0.39 is 12.1 Å². The maximum Gasteiger partial charge on any atom is 0.303 e. The Kier molecular flexibility index (Phi) is 3.25. The summed E-state index contributed by atoms with van der Waals surface area (Å²) in [7, 11) is 0. The standard InChI is InChI=1S/C18H18N2O5/c1-8-15(19-6-7-19)18(24)16-14(17(8)23)13-11(20(16)9(2)21)4-5-12(13)25-10(3)22/h12H,4-7H2,1-3H3. The fourth-order valence-electron chi connectivity index (χ4n) is 3.99. The van der Waals surface area contributed by atoms with Crippen molar-refractivity contribution in [1.29, 1.82) is 0 Å². The summed E-state index contributed by atoms with van der Waals surface area (Å²) >= 11 is 0. The van der Waals surface area contributed by atoms with Crippen LogP contribution < -0.4 is 0 Å². The summed E-state index contributed by atoms with van der Waals surface area (Å²) < 4.78 is 6.70. The molecule has 25 heavy (non-hydrogen) atoms. The van der Waals surface area contributed by atoms with Crippen LogP contribution in [0.25, 0.3) is 0 Å². The fourth-order valence-corrected chi connectivity index (χ4v) is 3.99. The number of ketones is 2. The number of rotatable bonds is 2. The number of carbonyl (C=O) groups is 4. The quantitative estimate of drug-likeness (QED) is 0.600. The molecule has 7 heteroatoms. The molecule has 1 aliphatic heterocycles. The van der Waals surface area contributed by atoms with Gasteiger partial charge < -0.3 is 9.64 Å². The van der Waals surface area contributed by atoms with Crippen molar-refractivity contribution in [2.45, 2.75) is 39.7 Å². The SMILES string of the molecule is CC(=O)OC1CCc2c1c1c(n2C(C)=O)C(=O)C(N2CC2)=C(C)C1=O. The highest BCUT2D eigenvalue weighted by molar-refractivity contribution is 6.27. The van der Waals surface area contributed by atoms with Crippen molar-refractivity contribution >= 4 is 23.4 Å². The van der Waals surface area contributed by atoms with E-state index in [0.717, 1.165) is 13.1 Å². The van der Waals surface area contributed by atoms with Gasteiger partial charge in [-0.05, 0) is 19.8 Å². The van der Waals surface area contributed by atoms with Crippen LogP contribution in [-0.2, 0) is 16.0 Å². The molecular formula is C18H18N2O5. The molecule has 0 aromatic carbocycles. The zero-order valence-electron chi connectivity index (χ0n) is 14.3. The molecule has 0 N–H and O–H groups in total. The molecule has 2 aliphatic carbocycles. The van der Waals surface area contributed by atoms with E-state index in [1.807, 2.05) is 4.90 Å². The predicted molar refractivity (Wildman–Crippen MR) is 86.5 cm³/mol. The van der Waals surface area contributed by atoms with E-state index in [4.69, 9.17) is 4.74 Å². The van der Waals surface area contributed by atoms with Crippen molar-refractivity contribution in [3.05, 3.63) is 33.8 Å². The maximum atomic E-state index is 13.1. The minimum Gasteiger partial charge on any atom is -0.458 e. The molecule has 0 amide bonds. The molecule has 3 aliphatic rings. The predicted octanol–water partition coefficient (Wildman–Crippen LogP) is 1.67. The first kappa shape index (κ1) is 15.8. The number of ether oxygens (including phenoxy) is 1. The molecular weight excluding hydrogens is 324 g/mol. The first-order chi connectivity index (χ1) is 11.8. The first-order valence-corrected chi connectivity index (χ1v) is 8.33. The number of aromatic nitrogens is 1. The van der Waals surface area contributed by atoms with Crippen LogP contribution in [-0.4, -0.2) is 46.0 Å². The van der Waals surface area contributed by atoms with Gasteiger partial charge in [-0.15, -0.1) is 0 Å². The van der Waals surface area contributed by atoms with Crippen molar-refractivity contribution in [2.24, 2.45) is 0 Å². The lowest BCUT2D eigenvalue weighted by molar-refractivity contribution is -0.146. The molecule has 130 valence electrons. The molecule has 1 aromatic heterocycles. The summed E-state index contributed by atoms with van der Waals surface area (Å²) in [5.41, 5.74) is 2.30. The van der Waals surface area contributed by atoms with Crippen LogP contribution in [0.4, 0.5) is 0 Å². The summed E-state index contributed by atoms with van der Waals surface area (Å²) in [6.45, 7) is 5.79. The number of carbonyl (C=O) groups excluding carboxylic acids is 4. The van der Waals surface area contributed by atoms with E-state index in [2.05, 4.69) is 0 Å². The molecule has 0 saturated carbocycles. The average molecular weight is 342 g/mol. The van der Waals surface area contributed by atoms with Gasteiger partial charge in [-0.25, -0.2) is 0 Å². The van der Waals surface area contributed by atoms with E-state index >= 15 is 0 Å². The second kappa shape index (κ2) is 5.15. The Balaban J connectivity index is 1.97. The van der Waals surface area contributed by atoms with E-state index in [0.29, 0.717) is 35.4 Å². The van der Waals surface area contributed by atoms with Crippen molar-refractivity contribution in [3.63, 3.8) is 0 Å². The van der Waals surface area contributed by atoms with Gasteiger partial charge in [0.1, 0.15) is 11.8 Å². The zero-order valence-corrected chi connectivity index (χ0v) is 14.3. The number of hydrogen-bond donors (Lipinski definition) is 0. The Morgan fingerprint density at radius 1 is 1.12 bits per heavy atom. The second-order valence-electron chi connectivity index (χ2n) is 6.69. The van der Waals surface area contributed by atoms with E-state index in [9.17, 15) is 19.2 Å². The van der Waals surface area contributed by atoms with E-state index in [1.54, 1.807) is 6.92 Å². The van der Waals surface area contributed by atoms with Gasteiger partial charge in [0.05, 0.1) is 11.3 Å². The second-order valence-corrected chi connectivity index (χ2v) is 6.69. The molecule has 2 heterocycles. The van der Waals surface area contributed by atoms with Crippen molar-refractivity contribution in [2.75, 3.05) is 13.1 Å². The van der Waals surface area contributed by atoms with Crippen molar-refractivity contribution in [3.8, 4) is 0 Å². The third kappa shape index (κ3) is 2.11. The normalized spacial score (nSPS) is 21.4. The highest BCUT2D eigenvalue weighted by atomic mass is 16.5. The highest BCUT2D eigenvalue weighted by Gasteiger charge is 2.46. The molecule has 1 atom stereocenters. The molecule has 7 nitrogen and oxygen atoms in total. The topological polar surface area (TPSA) is 85.5 Å². The minimum atomic E-state index is -0.589. The van der Waals surface area contributed by atoms with Gasteiger partial charge in [0.2, 0.25) is 11.7 Å². The van der Waals surface area contributed by atoms with Crippen LogP contribution in [0.2, 0.25) is 0 Å². The molecule has 0 bridgehead atoms. The number of nitrogens with zero attached hydrogens (tertiary/aromatic N) is 2. The Morgan fingerprint density at radius 2 is 1.80 bits per heavy atom. The van der Waals surface area contributed by atoms with Crippen molar-refractivity contribution in [1.82, 2.24) is 9.47 Å². The Labute approximate surface area is 144 Å². The number of fused-ring (bicyclic) bond motifs is 3. The first-order valence-electron chi connectivity index (χ1n) is 8.33. The van der Waals surface area contributed by atoms with Gasteiger partial charge in [0, 0.05) is 43.8 Å². The molecule has 1 saturated heterocycles. The number of esters is 1. The van der Waals surface area contributed by atoms with Gasteiger partial charge in [0.25, 0.3) is 0 Å². The molecule has 1 aromatic rings. The van der Waals surface area contributed by atoms with Crippen LogP contribution in [0.1, 0.15) is 70.2 Å². The third-order valence-corrected chi connectivity index (χ3v) is 5.02. The van der Waals surface area contributed by atoms with Gasteiger partial charge >= 0.3 is 5.97 Å². The Hall–Kier alpha value is -2.70. The van der Waals surface area contributed by atoms with Crippen LogP contribution in [0, 0.1) is 0 Å². The Bertz CT molecular complexity index is 901. The summed E-state index contributed by atoms with van der Waals surface area (Å²) in [4.78, 5) is 51.6. The van der Waals surface area contributed by atoms with Gasteiger partial charge in [-0.3, -0.25) is 23.7 Å². The Morgan fingerprint density at radius 3 is 2.36 bits per heavy atom. The lowest BCUT2D eigenvalue weighted by atomic mass is 9.89. The van der Waals surface area contributed by atoms with E-state index in [-0.39, 0.29) is 28.7 Å². The smallest absolute Gasteiger partial charge is 0.303 e. The summed E-state index contributed by atoms with van der Waals surface area (Å²) in [6.07, 6.45) is 0.404. The lowest BCUT2D eigenvalue weighted by Crippen LogP contribution is -2.29. The van der Waals surface area contributed by atoms with Crippen LogP contribution >= 0.6 is 0 Å². The minimum absolute atomic E-state index is 0.131. The number of Topliss-reactive ketones (excluding diaryl/α,β-unsaturated/α-hetero) is 2. The largest absolute Gasteiger partial charge is 0.458 e. The lowest BCUT2D eigenvalue weighted by Gasteiger charge is -2.21. The monoisotopic (exact) mass is 342 g/mol. The third-order valence-electron chi connectivity index (χ3n) is 5.02. The molecule has 4 rings (SSSR count). The zero-order chi connectivity index (χ0) is 18.0. The summed E-state index contributed by atoms with van der Waals surface area (Å²) in [5.74, 6) is -1.32. The van der Waals surface area contributed by atoms with Gasteiger partial charge in [-0.2, -0.15) is 0 Å². The van der Waals surface area contributed by atoms with Crippen LogP contribution in [0.15, 0.2) is 11.3 Å². The summed E-state index contributed by atoms with van der Waals surface area (Å²) in [5, 5.41) is 0. The molecule has 0 spiro atoms. The van der Waals surface area contributed by atoms with Gasteiger partial charge in [0.15, 0.2) is 5.78 Å². The number of allylic oxidation sites excluding steroid dienone is 2. The molecule has 1 fully saturated rings. The van der Waals surface area contributed by atoms with Crippen molar-refractivity contribution < 1.29 is 23.9 Å².